The molecule has 0 radical (unpaired) electrons. The van der Waals surface area contributed by atoms with Crippen LogP contribution in [0.2, 0.25) is 0 Å². The lowest BCUT2D eigenvalue weighted by Gasteiger charge is -2.36. The van der Waals surface area contributed by atoms with E-state index in [1.165, 1.54) is 0 Å². The molecule has 0 atom stereocenters. The zero-order chi connectivity index (χ0) is 13.0. The topological polar surface area (TPSA) is 55.8 Å². The van der Waals surface area contributed by atoms with E-state index in [0.717, 1.165) is 24.2 Å². The van der Waals surface area contributed by atoms with Gasteiger partial charge in [-0.15, -0.1) is 0 Å². The van der Waals surface area contributed by atoms with Gasteiger partial charge >= 0.3 is 5.97 Å². The second-order valence-corrected chi connectivity index (χ2v) is 4.69. The molecular formula is C14H18O4. The quantitative estimate of drug-likeness (QED) is 0.890. The highest BCUT2D eigenvalue weighted by Crippen LogP contribution is 2.38. The van der Waals surface area contributed by atoms with E-state index >= 15 is 0 Å². The van der Waals surface area contributed by atoms with E-state index in [2.05, 4.69) is 0 Å². The molecule has 4 heteroatoms. The van der Waals surface area contributed by atoms with Crippen molar-refractivity contribution in [3.8, 4) is 5.75 Å². The van der Waals surface area contributed by atoms with Crippen molar-refractivity contribution in [3.63, 3.8) is 0 Å². The molecule has 1 aliphatic heterocycles. The molecular weight excluding hydrogens is 232 g/mol. The molecule has 1 aliphatic rings. The molecule has 18 heavy (non-hydrogen) atoms. The number of rotatable bonds is 4. The summed E-state index contributed by atoms with van der Waals surface area (Å²) < 4.78 is 10.5. The van der Waals surface area contributed by atoms with Crippen molar-refractivity contribution in [1.82, 2.24) is 0 Å². The summed E-state index contributed by atoms with van der Waals surface area (Å²) in [4.78, 5) is 11.1. The molecule has 0 aromatic heterocycles. The monoisotopic (exact) mass is 250 g/mol. The predicted molar refractivity (Wildman–Crippen MR) is 67.0 cm³/mol. The Morgan fingerprint density at radius 3 is 2.44 bits per heavy atom. The van der Waals surface area contributed by atoms with Crippen molar-refractivity contribution in [1.29, 1.82) is 0 Å². The Morgan fingerprint density at radius 1 is 1.33 bits per heavy atom. The smallest absolute Gasteiger partial charge is 0.304 e. The number of carboxylic acids is 1. The largest absolute Gasteiger partial charge is 0.497 e. The van der Waals surface area contributed by atoms with Crippen LogP contribution in [-0.4, -0.2) is 31.4 Å². The Labute approximate surface area is 107 Å². The summed E-state index contributed by atoms with van der Waals surface area (Å²) in [6.07, 6.45) is 1.67. The molecule has 1 aromatic carbocycles. The highest BCUT2D eigenvalue weighted by molar-refractivity contribution is 5.69. The van der Waals surface area contributed by atoms with Crippen LogP contribution in [0.5, 0.6) is 5.75 Å². The first-order valence-electron chi connectivity index (χ1n) is 6.10. The first kappa shape index (κ1) is 12.9. The first-order valence-corrected chi connectivity index (χ1v) is 6.10. The average molecular weight is 250 g/mol. The van der Waals surface area contributed by atoms with E-state index < -0.39 is 5.97 Å². The fraction of sp³-hybridized carbons (Fsp3) is 0.500. The van der Waals surface area contributed by atoms with Gasteiger partial charge in [0.1, 0.15) is 5.75 Å². The lowest BCUT2D eigenvalue weighted by atomic mass is 9.72. The van der Waals surface area contributed by atoms with Gasteiger partial charge in [-0.3, -0.25) is 4.79 Å². The summed E-state index contributed by atoms with van der Waals surface area (Å²) in [5.74, 6) is 0.0315. The van der Waals surface area contributed by atoms with Gasteiger partial charge in [0.2, 0.25) is 0 Å². The minimum atomic E-state index is -0.757. The van der Waals surface area contributed by atoms with Gasteiger partial charge in [0.15, 0.2) is 0 Å². The maximum Gasteiger partial charge on any atom is 0.304 e. The van der Waals surface area contributed by atoms with Gasteiger partial charge in [-0.05, 0) is 30.5 Å². The summed E-state index contributed by atoms with van der Waals surface area (Å²) in [5.41, 5.74) is 0.769. The molecule has 1 saturated heterocycles. The second-order valence-electron chi connectivity index (χ2n) is 4.69. The minimum absolute atomic E-state index is 0.155. The van der Waals surface area contributed by atoms with Crippen LogP contribution in [0.1, 0.15) is 24.8 Å². The molecule has 1 fully saturated rings. The lowest BCUT2D eigenvalue weighted by Crippen LogP contribution is -2.36. The van der Waals surface area contributed by atoms with E-state index in [1.807, 2.05) is 24.3 Å². The molecule has 0 aliphatic carbocycles. The maximum atomic E-state index is 11.1. The van der Waals surface area contributed by atoms with Crippen LogP contribution in [0, 0.1) is 0 Å². The predicted octanol–water partition coefficient (Wildman–Crippen LogP) is 2.22. The molecule has 1 N–H and O–H groups in total. The Morgan fingerprint density at radius 2 is 1.94 bits per heavy atom. The van der Waals surface area contributed by atoms with Gasteiger partial charge in [0, 0.05) is 18.6 Å². The number of ether oxygens (including phenoxy) is 2. The zero-order valence-electron chi connectivity index (χ0n) is 10.5. The third-order valence-corrected chi connectivity index (χ3v) is 3.64. The molecule has 1 aromatic rings. The van der Waals surface area contributed by atoms with Gasteiger partial charge < -0.3 is 14.6 Å². The fourth-order valence-electron chi connectivity index (χ4n) is 2.56. The summed E-state index contributed by atoms with van der Waals surface area (Å²) in [5, 5.41) is 9.13. The lowest BCUT2D eigenvalue weighted by molar-refractivity contribution is -0.139. The number of hydrogen-bond donors (Lipinski definition) is 1. The molecule has 98 valence electrons. The van der Waals surface area contributed by atoms with Crippen LogP contribution < -0.4 is 4.74 Å². The second kappa shape index (κ2) is 5.40. The molecule has 2 rings (SSSR count). The van der Waals surface area contributed by atoms with Crippen LogP contribution in [0.15, 0.2) is 24.3 Å². The summed E-state index contributed by atoms with van der Waals surface area (Å²) in [6.45, 7) is 1.25. The number of methoxy groups -OCH3 is 1. The molecule has 1 heterocycles. The molecule has 0 saturated carbocycles. The van der Waals surface area contributed by atoms with Crippen LogP contribution in [0.3, 0.4) is 0 Å². The number of carboxylic acid groups (broad SMARTS) is 1. The van der Waals surface area contributed by atoms with Gasteiger partial charge in [-0.2, -0.15) is 0 Å². The van der Waals surface area contributed by atoms with Crippen LogP contribution >= 0.6 is 0 Å². The summed E-state index contributed by atoms with van der Waals surface area (Å²) in [6, 6.07) is 7.70. The van der Waals surface area contributed by atoms with Crippen LogP contribution in [-0.2, 0) is 14.9 Å². The third-order valence-electron chi connectivity index (χ3n) is 3.64. The molecule has 0 bridgehead atoms. The molecule has 0 amide bonds. The summed E-state index contributed by atoms with van der Waals surface area (Å²) >= 11 is 0. The number of hydrogen-bond acceptors (Lipinski definition) is 3. The zero-order valence-corrected chi connectivity index (χ0v) is 10.5. The normalized spacial score (nSPS) is 18.3. The standard InChI is InChI=1S/C14H18O4/c1-17-12-4-2-11(3-5-12)14(10-13(15)16)6-8-18-9-7-14/h2-5H,6-10H2,1H3,(H,15,16). The molecule has 4 nitrogen and oxygen atoms in total. The van der Waals surface area contributed by atoms with E-state index in [9.17, 15) is 4.79 Å². The summed E-state index contributed by atoms with van der Waals surface area (Å²) in [7, 11) is 1.62. The number of benzene rings is 1. The van der Waals surface area contributed by atoms with Crippen molar-refractivity contribution in [2.45, 2.75) is 24.7 Å². The van der Waals surface area contributed by atoms with E-state index in [4.69, 9.17) is 14.6 Å². The van der Waals surface area contributed by atoms with Gasteiger partial charge in [0.05, 0.1) is 13.5 Å². The highest BCUT2D eigenvalue weighted by atomic mass is 16.5. The average Bonchev–Trinajstić information content (AvgIpc) is 2.39. The SMILES string of the molecule is COc1ccc(C2(CC(=O)O)CCOCC2)cc1. The van der Waals surface area contributed by atoms with Gasteiger partial charge in [0.25, 0.3) is 0 Å². The van der Waals surface area contributed by atoms with Crippen molar-refractivity contribution < 1.29 is 19.4 Å². The van der Waals surface area contributed by atoms with Crippen molar-refractivity contribution >= 4 is 5.97 Å². The Kier molecular flexibility index (Phi) is 3.87. The van der Waals surface area contributed by atoms with Crippen LogP contribution in [0.25, 0.3) is 0 Å². The van der Waals surface area contributed by atoms with E-state index in [0.29, 0.717) is 13.2 Å². The van der Waals surface area contributed by atoms with Crippen LogP contribution in [0.4, 0.5) is 0 Å². The highest BCUT2D eigenvalue weighted by Gasteiger charge is 2.36. The van der Waals surface area contributed by atoms with Gasteiger partial charge in [-0.1, -0.05) is 12.1 Å². The molecule has 0 unspecified atom stereocenters. The van der Waals surface area contributed by atoms with E-state index in [1.54, 1.807) is 7.11 Å². The Bertz CT molecular complexity index is 404. The first-order chi connectivity index (χ1) is 8.66. The van der Waals surface area contributed by atoms with Crippen molar-refractivity contribution in [2.24, 2.45) is 0 Å². The van der Waals surface area contributed by atoms with Gasteiger partial charge in [-0.25, -0.2) is 0 Å². The Balaban J connectivity index is 2.29. The number of aliphatic carboxylic acids is 1. The fourth-order valence-corrected chi connectivity index (χ4v) is 2.56. The minimum Gasteiger partial charge on any atom is -0.497 e. The van der Waals surface area contributed by atoms with E-state index in [-0.39, 0.29) is 11.8 Å². The van der Waals surface area contributed by atoms with Crippen molar-refractivity contribution in [2.75, 3.05) is 20.3 Å². The number of carbonyl (C=O) groups is 1. The molecule has 0 spiro atoms. The van der Waals surface area contributed by atoms with Crippen molar-refractivity contribution in [3.05, 3.63) is 29.8 Å². The third kappa shape index (κ3) is 2.64. The maximum absolute atomic E-state index is 11.1. The Hall–Kier alpha value is -1.55.